The zero-order valence-corrected chi connectivity index (χ0v) is 14.4. The minimum absolute atomic E-state index is 0.289. The molecule has 2 aromatic carbocycles. The van der Waals surface area contributed by atoms with Crippen LogP contribution in [0.15, 0.2) is 36.4 Å². The Bertz CT molecular complexity index is 771. The molecule has 0 saturated carbocycles. The fourth-order valence-electron chi connectivity index (χ4n) is 2.28. The number of methoxy groups -OCH3 is 3. The second-order valence-electron chi connectivity index (χ2n) is 5.07. The molecule has 2 rings (SSSR count). The zero-order valence-electron chi connectivity index (χ0n) is 14.4. The first kappa shape index (κ1) is 18.0. The average molecular weight is 340 g/mol. The van der Waals surface area contributed by atoms with Crippen LogP contribution in [0, 0.1) is 12.3 Å². The first-order valence-electron chi connectivity index (χ1n) is 7.51. The van der Waals surface area contributed by atoms with E-state index in [1.54, 1.807) is 50.6 Å². The van der Waals surface area contributed by atoms with E-state index in [4.69, 9.17) is 20.6 Å². The molecule has 2 N–H and O–H groups in total. The first-order chi connectivity index (χ1) is 12.1. The van der Waals surface area contributed by atoms with E-state index in [1.807, 2.05) is 0 Å². The molecule has 0 aliphatic rings. The lowest BCUT2D eigenvalue weighted by Gasteiger charge is -2.14. The molecule has 2 aromatic rings. The Balaban J connectivity index is 2.05. The maximum atomic E-state index is 12.1. The molecule has 0 atom stereocenters. The number of hydrogen-bond donors (Lipinski definition) is 2. The summed E-state index contributed by atoms with van der Waals surface area (Å²) in [4.78, 5) is 12.1. The Morgan fingerprint density at radius 3 is 2.32 bits per heavy atom. The number of carbonyl (C=O) groups is 1. The fraction of sp³-hybridized carbons (Fsp3) is 0.211. The van der Waals surface area contributed by atoms with Gasteiger partial charge in [0.25, 0.3) is 0 Å². The molecule has 6 heteroatoms. The van der Waals surface area contributed by atoms with Crippen LogP contribution in [-0.2, 0) is 6.54 Å². The van der Waals surface area contributed by atoms with Crippen LogP contribution in [0.5, 0.6) is 17.2 Å². The van der Waals surface area contributed by atoms with Crippen LogP contribution in [0.4, 0.5) is 10.5 Å². The molecule has 0 unspecified atom stereocenters. The first-order valence-corrected chi connectivity index (χ1v) is 7.51. The van der Waals surface area contributed by atoms with Crippen molar-refractivity contribution in [3.05, 3.63) is 47.5 Å². The Hall–Kier alpha value is -3.33. The highest BCUT2D eigenvalue weighted by atomic mass is 16.5. The Morgan fingerprint density at radius 1 is 1.08 bits per heavy atom. The van der Waals surface area contributed by atoms with Crippen molar-refractivity contribution in [2.75, 3.05) is 26.6 Å². The number of amides is 2. The summed E-state index contributed by atoms with van der Waals surface area (Å²) in [5.41, 5.74) is 2.13. The number of carbonyl (C=O) groups excluding carboxylic acids is 1. The number of benzene rings is 2. The van der Waals surface area contributed by atoms with Gasteiger partial charge in [0.1, 0.15) is 0 Å². The number of anilines is 1. The van der Waals surface area contributed by atoms with Gasteiger partial charge in [0.15, 0.2) is 11.5 Å². The molecule has 0 aliphatic carbocycles. The van der Waals surface area contributed by atoms with Crippen LogP contribution >= 0.6 is 0 Å². The normalized spacial score (nSPS) is 9.68. The third kappa shape index (κ3) is 4.58. The molecule has 0 fully saturated rings. The smallest absolute Gasteiger partial charge is 0.319 e. The summed E-state index contributed by atoms with van der Waals surface area (Å²) < 4.78 is 15.9. The number of ether oxygens (including phenoxy) is 3. The molecule has 0 saturated heterocycles. The fourth-order valence-corrected chi connectivity index (χ4v) is 2.28. The molecule has 0 heterocycles. The van der Waals surface area contributed by atoms with Gasteiger partial charge in [-0.3, -0.25) is 0 Å². The lowest BCUT2D eigenvalue weighted by molar-refractivity contribution is 0.251. The average Bonchev–Trinajstić information content (AvgIpc) is 2.65. The van der Waals surface area contributed by atoms with Gasteiger partial charge in [0.05, 0.1) is 21.3 Å². The molecule has 2 amide bonds. The summed E-state index contributed by atoms with van der Waals surface area (Å²) in [6.07, 6.45) is 5.35. The van der Waals surface area contributed by atoms with Crippen molar-refractivity contribution < 1.29 is 19.0 Å². The van der Waals surface area contributed by atoms with E-state index < -0.39 is 0 Å². The third-order valence-corrected chi connectivity index (χ3v) is 3.46. The molecule has 0 aliphatic heterocycles. The highest BCUT2D eigenvalue weighted by Crippen LogP contribution is 2.38. The lowest BCUT2D eigenvalue weighted by Crippen LogP contribution is -2.28. The van der Waals surface area contributed by atoms with Crippen LogP contribution in [0.3, 0.4) is 0 Å². The second-order valence-corrected chi connectivity index (χ2v) is 5.07. The SMILES string of the molecule is C#Cc1cccc(NC(=O)NCc2cc(OC)c(OC)c(OC)c2)c1. The summed E-state index contributed by atoms with van der Waals surface area (Å²) in [7, 11) is 4.62. The summed E-state index contributed by atoms with van der Waals surface area (Å²) in [5, 5.41) is 5.51. The number of terminal acetylenes is 1. The van der Waals surface area contributed by atoms with E-state index in [0.717, 1.165) is 5.56 Å². The molecule has 25 heavy (non-hydrogen) atoms. The minimum Gasteiger partial charge on any atom is -0.493 e. The van der Waals surface area contributed by atoms with Crippen molar-refractivity contribution in [2.45, 2.75) is 6.54 Å². The van der Waals surface area contributed by atoms with Crippen LogP contribution in [-0.4, -0.2) is 27.4 Å². The topological polar surface area (TPSA) is 68.8 Å². The minimum atomic E-state index is -0.345. The molecule has 0 radical (unpaired) electrons. The number of rotatable bonds is 6. The lowest BCUT2D eigenvalue weighted by atomic mass is 10.2. The third-order valence-electron chi connectivity index (χ3n) is 3.46. The number of hydrogen-bond acceptors (Lipinski definition) is 4. The largest absolute Gasteiger partial charge is 0.493 e. The monoisotopic (exact) mass is 340 g/mol. The maximum Gasteiger partial charge on any atom is 0.319 e. The van der Waals surface area contributed by atoms with Crippen LogP contribution < -0.4 is 24.8 Å². The van der Waals surface area contributed by atoms with Crippen molar-refractivity contribution in [2.24, 2.45) is 0 Å². The van der Waals surface area contributed by atoms with Crippen LogP contribution in [0.1, 0.15) is 11.1 Å². The van der Waals surface area contributed by atoms with Crippen molar-refractivity contribution in [3.8, 4) is 29.6 Å². The second kappa shape index (κ2) is 8.50. The standard InChI is InChI=1S/C19H20N2O4/c1-5-13-7-6-8-15(9-13)21-19(22)20-12-14-10-16(23-2)18(25-4)17(11-14)24-3/h1,6-11H,12H2,2-4H3,(H2,20,21,22). The molecule has 130 valence electrons. The van der Waals surface area contributed by atoms with Crippen molar-refractivity contribution in [1.82, 2.24) is 5.32 Å². The van der Waals surface area contributed by atoms with Crippen LogP contribution in [0.25, 0.3) is 0 Å². The van der Waals surface area contributed by atoms with Crippen molar-refractivity contribution in [1.29, 1.82) is 0 Å². The van der Waals surface area contributed by atoms with E-state index in [-0.39, 0.29) is 12.6 Å². The van der Waals surface area contributed by atoms with Crippen molar-refractivity contribution in [3.63, 3.8) is 0 Å². The van der Waals surface area contributed by atoms with Gasteiger partial charge in [-0.15, -0.1) is 6.42 Å². The quantitative estimate of drug-likeness (QED) is 0.793. The van der Waals surface area contributed by atoms with E-state index in [0.29, 0.717) is 28.5 Å². The molecule has 6 nitrogen and oxygen atoms in total. The Kier molecular flexibility index (Phi) is 6.13. The van der Waals surface area contributed by atoms with Gasteiger partial charge in [-0.05, 0) is 35.9 Å². The highest BCUT2D eigenvalue weighted by molar-refractivity contribution is 5.89. The Morgan fingerprint density at radius 2 is 1.76 bits per heavy atom. The summed E-state index contributed by atoms with van der Waals surface area (Å²) in [6, 6.07) is 10.3. The van der Waals surface area contributed by atoms with E-state index in [9.17, 15) is 4.79 Å². The zero-order chi connectivity index (χ0) is 18.2. The summed E-state index contributed by atoms with van der Waals surface area (Å²) in [6.45, 7) is 0.289. The molecule has 0 aromatic heterocycles. The summed E-state index contributed by atoms with van der Waals surface area (Å²) >= 11 is 0. The molecular weight excluding hydrogens is 320 g/mol. The van der Waals surface area contributed by atoms with Gasteiger partial charge in [-0.1, -0.05) is 12.0 Å². The predicted molar refractivity (Wildman–Crippen MR) is 96.3 cm³/mol. The van der Waals surface area contributed by atoms with Gasteiger partial charge >= 0.3 is 6.03 Å². The van der Waals surface area contributed by atoms with Crippen LogP contribution in [0.2, 0.25) is 0 Å². The molecule has 0 bridgehead atoms. The van der Waals surface area contributed by atoms with E-state index in [2.05, 4.69) is 16.6 Å². The number of urea groups is 1. The molecule has 0 spiro atoms. The van der Waals surface area contributed by atoms with E-state index in [1.165, 1.54) is 7.11 Å². The predicted octanol–water partition coefficient (Wildman–Crippen LogP) is 3.02. The Labute approximate surface area is 147 Å². The van der Waals surface area contributed by atoms with E-state index >= 15 is 0 Å². The summed E-state index contributed by atoms with van der Waals surface area (Å²) in [5.74, 6) is 4.08. The van der Waals surface area contributed by atoms with Crippen molar-refractivity contribution >= 4 is 11.7 Å². The molecular formula is C19H20N2O4. The van der Waals surface area contributed by atoms with Gasteiger partial charge in [-0.25, -0.2) is 4.79 Å². The van der Waals surface area contributed by atoms with Gasteiger partial charge in [0, 0.05) is 17.8 Å². The van der Waals surface area contributed by atoms with Gasteiger partial charge in [0.2, 0.25) is 5.75 Å². The maximum absolute atomic E-state index is 12.1. The number of nitrogens with one attached hydrogen (secondary N) is 2. The van der Waals surface area contributed by atoms with Gasteiger partial charge in [-0.2, -0.15) is 0 Å². The highest BCUT2D eigenvalue weighted by Gasteiger charge is 2.13. The van der Waals surface area contributed by atoms with Gasteiger partial charge < -0.3 is 24.8 Å².